The predicted octanol–water partition coefficient (Wildman–Crippen LogP) is 2.09. The van der Waals surface area contributed by atoms with Gasteiger partial charge in [0.25, 0.3) is 0 Å². The van der Waals surface area contributed by atoms with Crippen LogP contribution in [0.5, 0.6) is 0 Å². The number of aliphatic carboxylic acids is 1. The highest BCUT2D eigenvalue weighted by atomic mass is 16.4. The monoisotopic (exact) mass is 256 g/mol. The Balaban J connectivity index is 4.76. The molecule has 0 radical (unpaired) electrons. The van der Waals surface area contributed by atoms with E-state index in [-0.39, 0.29) is 6.03 Å². The summed E-state index contributed by atoms with van der Waals surface area (Å²) in [6.07, 6.45) is 2.44. The molecule has 0 bridgehead atoms. The fourth-order valence-electron chi connectivity index (χ4n) is 1.56. The van der Waals surface area contributed by atoms with E-state index in [0.717, 1.165) is 6.42 Å². The Morgan fingerprint density at radius 1 is 1.44 bits per heavy atom. The largest absolute Gasteiger partial charge is 0.480 e. The fourth-order valence-corrected chi connectivity index (χ4v) is 1.56. The van der Waals surface area contributed by atoms with Gasteiger partial charge in [0.15, 0.2) is 0 Å². The summed E-state index contributed by atoms with van der Waals surface area (Å²) in [5, 5.41) is 11.7. The molecule has 1 unspecified atom stereocenters. The first-order valence-corrected chi connectivity index (χ1v) is 6.13. The molecule has 5 heteroatoms. The molecule has 5 nitrogen and oxygen atoms in total. The second-order valence-corrected chi connectivity index (χ2v) is 5.32. The van der Waals surface area contributed by atoms with Crippen molar-refractivity contribution in [3.05, 3.63) is 12.7 Å². The minimum atomic E-state index is -1.02. The first kappa shape index (κ1) is 16.5. The first-order chi connectivity index (χ1) is 8.23. The quantitative estimate of drug-likeness (QED) is 0.715. The molecule has 18 heavy (non-hydrogen) atoms. The van der Waals surface area contributed by atoms with Crippen LogP contribution in [0, 0.1) is 5.41 Å². The molecule has 0 heterocycles. The summed E-state index contributed by atoms with van der Waals surface area (Å²) in [5.41, 5.74) is -0.534. The van der Waals surface area contributed by atoms with E-state index in [0.29, 0.717) is 13.1 Å². The lowest BCUT2D eigenvalue weighted by Crippen LogP contribution is -2.53. The van der Waals surface area contributed by atoms with E-state index < -0.39 is 17.4 Å². The predicted molar refractivity (Wildman–Crippen MR) is 71.5 cm³/mol. The zero-order valence-electron chi connectivity index (χ0n) is 11.7. The SMILES string of the molecule is C=CCN(CCC)C(=O)NC(C(=O)O)C(C)(C)C. The molecular weight excluding hydrogens is 232 g/mol. The summed E-state index contributed by atoms with van der Waals surface area (Å²) in [7, 11) is 0. The average molecular weight is 256 g/mol. The summed E-state index contributed by atoms with van der Waals surface area (Å²) in [4.78, 5) is 24.7. The molecule has 0 aliphatic rings. The number of urea groups is 1. The molecule has 0 aromatic carbocycles. The van der Waals surface area contributed by atoms with Gasteiger partial charge in [0.1, 0.15) is 6.04 Å². The highest BCUT2D eigenvalue weighted by molar-refractivity contribution is 5.83. The van der Waals surface area contributed by atoms with Crippen molar-refractivity contribution >= 4 is 12.0 Å². The molecule has 0 fully saturated rings. The lowest BCUT2D eigenvalue weighted by Gasteiger charge is -2.30. The van der Waals surface area contributed by atoms with Crippen molar-refractivity contribution < 1.29 is 14.7 Å². The summed E-state index contributed by atoms with van der Waals surface area (Å²) in [6, 6.07) is -1.27. The number of hydrogen-bond donors (Lipinski definition) is 2. The second-order valence-electron chi connectivity index (χ2n) is 5.32. The van der Waals surface area contributed by atoms with Crippen LogP contribution in [-0.4, -0.2) is 41.1 Å². The van der Waals surface area contributed by atoms with Crippen molar-refractivity contribution in [3.8, 4) is 0 Å². The molecule has 0 spiro atoms. The van der Waals surface area contributed by atoms with Crippen LogP contribution in [0.2, 0.25) is 0 Å². The summed E-state index contributed by atoms with van der Waals surface area (Å²) in [5.74, 6) is -1.02. The van der Waals surface area contributed by atoms with Crippen molar-refractivity contribution in [1.82, 2.24) is 10.2 Å². The maximum absolute atomic E-state index is 12.0. The molecule has 0 saturated carbocycles. The zero-order chi connectivity index (χ0) is 14.3. The Labute approximate surface area is 109 Å². The number of hydrogen-bond acceptors (Lipinski definition) is 2. The van der Waals surface area contributed by atoms with E-state index in [1.54, 1.807) is 31.7 Å². The number of nitrogens with zero attached hydrogens (tertiary/aromatic N) is 1. The van der Waals surface area contributed by atoms with Crippen molar-refractivity contribution in [2.45, 2.75) is 40.2 Å². The van der Waals surface area contributed by atoms with Crippen molar-refractivity contribution in [3.63, 3.8) is 0 Å². The fraction of sp³-hybridized carbons (Fsp3) is 0.692. The Morgan fingerprint density at radius 3 is 2.33 bits per heavy atom. The maximum atomic E-state index is 12.0. The smallest absolute Gasteiger partial charge is 0.326 e. The summed E-state index contributed by atoms with van der Waals surface area (Å²) < 4.78 is 0. The number of carbonyl (C=O) groups excluding carboxylic acids is 1. The number of rotatable bonds is 6. The van der Waals surface area contributed by atoms with Gasteiger partial charge in [-0.05, 0) is 11.8 Å². The number of nitrogens with one attached hydrogen (secondary N) is 1. The van der Waals surface area contributed by atoms with Crippen LogP contribution in [0.3, 0.4) is 0 Å². The van der Waals surface area contributed by atoms with Crippen LogP contribution in [0.4, 0.5) is 4.79 Å². The van der Waals surface area contributed by atoms with Gasteiger partial charge in [0, 0.05) is 13.1 Å². The minimum Gasteiger partial charge on any atom is -0.480 e. The standard InChI is InChI=1S/C13H24N2O3/c1-6-8-15(9-7-2)12(18)14-10(11(16)17)13(3,4)5/h6,10H,1,7-9H2,2-5H3,(H,14,18)(H,16,17). The van der Waals surface area contributed by atoms with Crippen LogP contribution in [0.15, 0.2) is 12.7 Å². The van der Waals surface area contributed by atoms with E-state index in [9.17, 15) is 9.59 Å². The van der Waals surface area contributed by atoms with E-state index >= 15 is 0 Å². The molecule has 104 valence electrons. The van der Waals surface area contributed by atoms with E-state index in [1.807, 2.05) is 6.92 Å². The Kier molecular flexibility index (Phi) is 6.44. The van der Waals surface area contributed by atoms with Crippen molar-refractivity contribution in [2.75, 3.05) is 13.1 Å². The second kappa shape index (κ2) is 7.03. The van der Waals surface area contributed by atoms with Crippen LogP contribution in [0.25, 0.3) is 0 Å². The molecule has 2 N–H and O–H groups in total. The molecule has 0 saturated heterocycles. The van der Waals surface area contributed by atoms with Crippen LogP contribution < -0.4 is 5.32 Å². The lowest BCUT2D eigenvalue weighted by molar-refractivity contribution is -0.142. The Hall–Kier alpha value is -1.52. The number of carboxylic acids is 1. The molecule has 1 atom stereocenters. The highest BCUT2D eigenvalue weighted by Crippen LogP contribution is 2.19. The number of carboxylic acid groups (broad SMARTS) is 1. The van der Waals surface area contributed by atoms with Gasteiger partial charge in [-0.25, -0.2) is 9.59 Å². The van der Waals surface area contributed by atoms with Gasteiger partial charge in [-0.15, -0.1) is 6.58 Å². The average Bonchev–Trinajstić information content (AvgIpc) is 2.23. The lowest BCUT2D eigenvalue weighted by atomic mass is 9.87. The normalized spacial score (nSPS) is 12.7. The molecule has 0 aromatic rings. The zero-order valence-corrected chi connectivity index (χ0v) is 11.7. The van der Waals surface area contributed by atoms with E-state index in [4.69, 9.17) is 5.11 Å². The van der Waals surface area contributed by atoms with E-state index in [1.165, 1.54) is 0 Å². The van der Waals surface area contributed by atoms with Crippen molar-refractivity contribution in [1.29, 1.82) is 0 Å². The Bertz CT molecular complexity index is 308. The van der Waals surface area contributed by atoms with Crippen LogP contribution in [0.1, 0.15) is 34.1 Å². The van der Waals surface area contributed by atoms with Gasteiger partial charge < -0.3 is 15.3 Å². The number of carbonyl (C=O) groups is 2. The molecular formula is C13H24N2O3. The van der Waals surface area contributed by atoms with Crippen LogP contribution in [-0.2, 0) is 4.79 Å². The van der Waals surface area contributed by atoms with Gasteiger partial charge in [-0.1, -0.05) is 33.8 Å². The summed E-state index contributed by atoms with van der Waals surface area (Å²) >= 11 is 0. The molecule has 0 aliphatic heterocycles. The van der Waals surface area contributed by atoms with Gasteiger partial charge >= 0.3 is 12.0 Å². The third-order valence-corrected chi connectivity index (χ3v) is 2.51. The first-order valence-electron chi connectivity index (χ1n) is 6.13. The van der Waals surface area contributed by atoms with Gasteiger partial charge in [0.05, 0.1) is 0 Å². The Morgan fingerprint density at radius 2 is 2.00 bits per heavy atom. The topological polar surface area (TPSA) is 69.6 Å². The van der Waals surface area contributed by atoms with Crippen LogP contribution >= 0.6 is 0 Å². The van der Waals surface area contributed by atoms with Gasteiger partial charge in [-0.3, -0.25) is 0 Å². The van der Waals surface area contributed by atoms with Crippen molar-refractivity contribution in [2.24, 2.45) is 5.41 Å². The number of amides is 2. The summed E-state index contributed by atoms with van der Waals surface area (Å²) in [6.45, 7) is 11.9. The molecule has 0 rings (SSSR count). The molecule has 0 aromatic heterocycles. The highest BCUT2D eigenvalue weighted by Gasteiger charge is 2.33. The van der Waals surface area contributed by atoms with Gasteiger partial charge in [-0.2, -0.15) is 0 Å². The minimum absolute atomic E-state index is 0.362. The molecule has 2 amide bonds. The van der Waals surface area contributed by atoms with E-state index in [2.05, 4.69) is 11.9 Å². The molecule has 0 aliphatic carbocycles. The van der Waals surface area contributed by atoms with Gasteiger partial charge in [0.2, 0.25) is 0 Å². The third kappa shape index (κ3) is 5.21. The third-order valence-electron chi connectivity index (χ3n) is 2.51. The maximum Gasteiger partial charge on any atom is 0.326 e.